The maximum absolute atomic E-state index is 5.92. The van der Waals surface area contributed by atoms with Crippen molar-refractivity contribution in [2.75, 3.05) is 0 Å². The van der Waals surface area contributed by atoms with E-state index in [9.17, 15) is 0 Å². The third-order valence-corrected chi connectivity index (χ3v) is 3.85. The smallest absolute Gasteiger partial charge is 0.129 e. The van der Waals surface area contributed by atoms with E-state index in [1.54, 1.807) is 18.2 Å². The molecule has 0 fully saturated rings. The van der Waals surface area contributed by atoms with Gasteiger partial charge in [0.1, 0.15) is 11.5 Å². The molecule has 2 aromatic carbocycles. The number of ether oxygens (including phenoxy) is 1. The summed E-state index contributed by atoms with van der Waals surface area (Å²) in [5.41, 5.74) is 6.61. The molecular formula is C13H10BrCl2NO. The standard InChI is InChI=1S/C13H10BrCl2NO/c14-11-5-9(2-1-8(11)7-17)18-10-3-4-12(15)13(16)6-10/h1-6H,7,17H2. The first-order valence-corrected chi connectivity index (χ1v) is 6.76. The van der Waals surface area contributed by atoms with Crippen molar-refractivity contribution < 1.29 is 4.74 Å². The molecule has 2 nitrogen and oxygen atoms in total. The Bertz CT molecular complexity index is 575. The van der Waals surface area contributed by atoms with E-state index >= 15 is 0 Å². The van der Waals surface area contributed by atoms with E-state index in [4.69, 9.17) is 33.7 Å². The van der Waals surface area contributed by atoms with E-state index in [0.29, 0.717) is 28.1 Å². The molecule has 0 bridgehead atoms. The van der Waals surface area contributed by atoms with Crippen LogP contribution in [-0.4, -0.2) is 0 Å². The highest BCUT2D eigenvalue weighted by atomic mass is 79.9. The molecule has 0 spiro atoms. The molecule has 0 aliphatic carbocycles. The monoisotopic (exact) mass is 345 g/mol. The third kappa shape index (κ3) is 3.18. The summed E-state index contributed by atoms with van der Waals surface area (Å²) in [4.78, 5) is 0. The molecule has 0 amide bonds. The number of nitrogens with two attached hydrogens (primary N) is 1. The number of hydrogen-bond donors (Lipinski definition) is 1. The zero-order valence-corrected chi connectivity index (χ0v) is 12.4. The number of hydrogen-bond acceptors (Lipinski definition) is 2. The van der Waals surface area contributed by atoms with Gasteiger partial charge in [-0.25, -0.2) is 0 Å². The van der Waals surface area contributed by atoms with Crippen molar-refractivity contribution in [1.29, 1.82) is 0 Å². The summed E-state index contributed by atoms with van der Waals surface area (Å²) in [6.45, 7) is 0.480. The molecular weight excluding hydrogens is 337 g/mol. The van der Waals surface area contributed by atoms with Crippen LogP contribution < -0.4 is 10.5 Å². The second-order valence-corrected chi connectivity index (χ2v) is 5.30. The Hall–Kier alpha value is -0.740. The second-order valence-electron chi connectivity index (χ2n) is 3.64. The normalized spacial score (nSPS) is 10.4. The van der Waals surface area contributed by atoms with Gasteiger partial charge in [-0.1, -0.05) is 45.2 Å². The molecule has 0 saturated heterocycles. The molecule has 0 aliphatic rings. The maximum atomic E-state index is 5.92. The van der Waals surface area contributed by atoms with Crippen molar-refractivity contribution in [2.24, 2.45) is 5.73 Å². The van der Waals surface area contributed by atoms with Gasteiger partial charge >= 0.3 is 0 Å². The van der Waals surface area contributed by atoms with E-state index in [1.807, 2.05) is 18.2 Å². The van der Waals surface area contributed by atoms with E-state index in [-0.39, 0.29) is 0 Å². The quantitative estimate of drug-likeness (QED) is 0.848. The van der Waals surface area contributed by atoms with Crippen LogP contribution in [0.3, 0.4) is 0 Å². The SMILES string of the molecule is NCc1ccc(Oc2ccc(Cl)c(Cl)c2)cc1Br. The Kier molecular flexibility index (Phi) is 4.51. The van der Waals surface area contributed by atoms with Crippen LogP contribution in [0.1, 0.15) is 5.56 Å². The zero-order valence-electron chi connectivity index (χ0n) is 9.29. The van der Waals surface area contributed by atoms with E-state index in [2.05, 4.69) is 15.9 Å². The van der Waals surface area contributed by atoms with Gasteiger partial charge in [-0.3, -0.25) is 0 Å². The van der Waals surface area contributed by atoms with Gasteiger partial charge in [-0.15, -0.1) is 0 Å². The highest BCUT2D eigenvalue weighted by molar-refractivity contribution is 9.10. The molecule has 0 aliphatic heterocycles. The van der Waals surface area contributed by atoms with Crippen molar-refractivity contribution in [3.05, 3.63) is 56.5 Å². The molecule has 0 unspecified atom stereocenters. The minimum Gasteiger partial charge on any atom is -0.457 e. The predicted octanol–water partition coefficient (Wildman–Crippen LogP) is 5.01. The van der Waals surface area contributed by atoms with Gasteiger partial charge in [-0.2, -0.15) is 0 Å². The second kappa shape index (κ2) is 5.93. The number of benzene rings is 2. The van der Waals surface area contributed by atoms with Crippen molar-refractivity contribution in [2.45, 2.75) is 6.54 Å². The van der Waals surface area contributed by atoms with Gasteiger partial charge in [0.05, 0.1) is 10.0 Å². The van der Waals surface area contributed by atoms with Crippen LogP contribution >= 0.6 is 39.1 Å². The summed E-state index contributed by atoms with van der Waals surface area (Å²) in [6, 6.07) is 10.8. The van der Waals surface area contributed by atoms with Gasteiger partial charge in [0.25, 0.3) is 0 Å². The van der Waals surface area contributed by atoms with Crippen molar-refractivity contribution in [3.63, 3.8) is 0 Å². The Morgan fingerprint density at radius 3 is 2.28 bits per heavy atom. The lowest BCUT2D eigenvalue weighted by molar-refractivity contribution is 0.482. The highest BCUT2D eigenvalue weighted by Gasteiger charge is 2.04. The lowest BCUT2D eigenvalue weighted by atomic mass is 10.2. The lowest BCUT2D eigenvalue weighted by Gasteiger charge is -2.08. The van der Waals surface area contributed by atoms with E-state index in [1.165, 1.54) is 0 Å². The summed E-state index contributed by atoms with van der Waals surface area (Å²) in [5.74, 6) is 1.34. The van der Waals surface area contributed by atoms with Crippen LogP contribution in [0.4, 0.5) is 0 Å². The molecule has 94 valence electrons. The van der Waals surface area contributed by atoms with Gasteiger partial charge in [0, 0.05) is 17.1 Å². The van der Waals surface area contributed by atoms with Crippen LogP contribution in [-0.2, 0) is 6.54 Å². The van der Waals surface area contributed by atoms with Crippen molar-refractivity contribution in [1.82, 2.24) is 0 Å². The molecule has 18 heavy (non-hydrogen) atoms. The molecule has 0 radical (unpaired) electrons. The van der Waals surface area contributed by atoms with Crippen molar-refractivity contribution >= 4 is 39.1 Å². The molecule has 5 heteroatoms. The summed E-state index contributed by atoms with van der Waals surface area (Å²) >= 11 is 15.2. The summed E-state index contributed by atoms with van der Waals surface area (Å²) in [5, 5.41) is 0.968. The van der Waals surface area contributed by atoms with Crippen LogP contribution in [0.5, 0.6) is 11.5 Å². The third-order valence-electron chi connectivity index (χ3n) is 2.37. The first-order valence-electron chi connectivity index (χ1n) is 5.21. The van der Waals surface area contributed by atoms with Crippen LogP contribution in [0.25, 0.3) is 0 Å². The number of halogens is 3. The molecule has 0 heterocycles. The fourth-order valence-electron chi connectivity index (χ4n) is 1.43. The lowest BCUT2D eigenvalue weighted by Crippen LogP contribution is -1.97. The van der Waals surface area contributed by atoms with Gasteiger partial charge < -0.3 is 10.5 Å². The zero-order chi connectivity index (χ0) is 13.1. The topological polar surface area (TPSA) is 35.2 Å². The first-order chi connectivity index (χ1) is 8.60. The molecule has 0 atom stereocenters. The summed E-state index contributed by atoms with van der Waals surface area (Å²) in [7, 11) is 0. The Labute approximate surface area is 124 Å². The molecule has 2 N–H and O–H groups in total. The Morgan fingerprint density at radius 1 is 1.00 bits per heavy atom. The fourth-order valence-corrected chi connectivity index (χ4v) is 2.24. The van der Waals surface area contributed by atoms with Crippen LogP contribution in [0.15, 0.2) is 40.9 Å². The average Bonchev–Trinajstić information content (AvgIpc) is 2.34. The van der Waals surface area contributed by atoms with Gasteiger partial charge in [0.2, 0.25) is 0 Å². The minimum atomic E-state index is 0.465. The van der Waals surface area contributed by atoms with E-state index in [0.717, 1.165) is 10.0 Å². The molecule has 2 rings (SSSR count). The molecule has 2 aromatic rings. The predicted molar refractivity (Wildman–Crippen MR) is 78.6 cm³/mol. The van der Waals surface area contributed by atoms with Crippen molar-refractivity contribution in [3.8, 4) is 11.5 Å². The number of rotatable bonds is 3. The summed E-state index contributed by atoms with van der Waals surface area (Å²) in [6.07, 6.45) is 0. The maximum Gasteiger partial charge on any atom is 0.129 e. The summed E-state index contributed by atoms with van der Waals surface area (Å²) < 4.78 is 6.60. The van der Waals surface area contributed by atoms with Crippen LogP contribution in [0, 0.1) is 0 Å². The largest absolute Gasteiger partial charge is 0.457 e. The first kappa shape index (κ1) is 13.7. The fraction of sp³-hybridized carbons (Fsp3) is 0.0769. The van der Waals surface area contributed by atoms with Gasteiger partial charge in [-0.05, 0) is 29.8 Å². The Balaban J connectivity index is 2.23. The average molecular weight is 347 g/mol. The van der Waals surface area contributed by atoms with Crippen LogP contribution in [0.2, 0.25) is 10.0 Å². The molecule has 0 saturated carbocycles. The van der Waals surface area contributed by atoms with E-state index < -0.39 is 0 Å². The Morgan fingerprint density at radius 2 is 1.67 bits per heavy atom. The minimum absolute atomic E-state index is 0.465. The van der Waals surface area contributed by atoms with Gasteiger partial charge in [0.15, 0.2) is 0 Å². The molecule has 0 aromatic heterocycles. The highest BCUT2D eigenvalue weighted by Crippen LogP contribution is 2.31.